The summed E-state index contributed by atoms with van der Waals surface area (Å²) in [7, 11) is 0. The number of aliphatic hydroxyl groups excluding tert-OH is 1. The normalized spacial score (nSPS) is 12.5. The molecular weight excluding hydrogens is 248 g/mol. The van der Waals surface area contributed by atoms with Gasteiger partial charge in [-0.3, -0.25) is 0 Å². The Labute approximate surface area is 90.5 Å². The van der Waals surface area contributed by atoms with Crippen molar-refractivity contribution in [2.75, 3.05) is 0 Å². The number of benzene rings is 1. The van der Waals surface area contributed by atoms with E-state index >= 15 is 0 Å². The highest BCUT2D eigenvalue weighted by molar-refractivity contribution is 9.10. The summed E-state index contributed by atoms with van der Waals surface area (Å²) in [5.41, 5.74) is 1.81. The first-order valence-corrected chi connectivity index (χ1v) is 4.96. The largest absolute Gasteiger partial charge is 0.479 e. The topological polar surface area (TPSA) is 57.5 Å². The van der Waals surface area contributed by atoms with Crippen molar-refractivity contribution in [1.29, 1.82) is 0 Å². The third-order valence-electron chi connectivity index (χ3n) is 2.08. The van der Waals surface area contributed by atoms with Crippen molar-refractivity contribution in [2.45, 2.75) is 19.4 Å². The molecule has 0 aliphatic heterocycles. The average molecular weight is 259 g/mol. The number of hydrogen-bond acceptors (Lipinski definition) is 2. The summed E-state index contributed by atoms with van der Waals surface area (Å²) in [4.78, 5) is 10.4. The van der Waals surface area contributed by atoms with E-state index < -0.39 is 12.1 Å². The van der Waals surface area contributed by atoms with Crippen LogP contribution in [0, 0.1) is 6.92 Å². The fourth-order valence-electron chi connectivity index (χ4n) is 1.17. The summed E-state index contributed by atoms with van der Waals surface area (Å²) in [6.45, 7) is 1.88. The standard InChI is InChI=1S/C10H11BrO3/c1-6-7(3-2-4-8(6)11)5-9(12)10(13)14/h2-4,9,12H,5H2,1H3,(H,13,14). The molecule has 0 amide bonds. The van der Waals surface area contributed by atoms with Crippen molar-refractivity contribution in [3.8, 4) is 0 Å². The zero-order chi connectivity index (χ0) is 10.7. The van der Waals surface area contributed by atoms with Crippen LogP contribution in [0.25, 0.3) is 0 Å². The van der Waals surface area contributed by atoms with Gasteiger partial charge in [0.1, 0.15) is 0 Å². The summed E-state index contributed by atoms with van der Waals surface area (Å²) in [6, 6.07) is 5.51. The Morgan fingerprint density at radius 3 is 2.79 bits per heavy atom. The first-order valence-electron chi connectivity index (χ1n) is 4.17. The monoisotopic (exact) mass is 258 g/mol. The number of carboxylic acid groups (broad SMARTS) is 1. The first-order chi connectivity index (χ1) is 6.52. The average Bonchev–Trinajstić information content (AvgIpc) is 2.12. The number of halogens is 1. The van der Waals surface area contributed by atoms with Crippen LogP contribution in [0.15, 0.2) is 22.7 Å². The highest BCUT2D eigenvalue weighted by atomic mass is 79.9. The van der Waals surface area contributed by atoms with Gasteiger partial charge in [0.2, 0.25) is 0 Å². The van der Waals surface area contributed by atoms with E-state index in [1.165, 1.54) is 0 Å². The molecule has 0 fully saturated rings. The highest BCUT2D eigenvalue weighted by Crippen LogP contribution is 2.20. The zero-order valence-corrected chi connectivity index (χ0v) is 9.28. The third kappa shape index (κ3) is 2.56. The highest BCUT2D eigenvalue weighted by Gasteiger charge is 2.15. The van der Waals surface area contributed by atoms with Gasteiger partial charge in [-0.25, -0.2) is 4.79 Å². The van der Waals surface area contributed by atoms with E-state index in [1.807, 2.05) is 25.1 Å². The molecule has 4 heteroatoms. The van der Waals surface area contributed by atoms with Gasteiger partial charge < -0.3 is 10.2 Å². The fraction of sp³-hybridized carbons (Fsp3) is 0.300. The van der Waals surface area contributed by atoms with Gasteiger partial charge in [-0.15, -0.1) is 0 Å². The molecule has 3 nitrogen and oxygen atoms in total. The molecule has 0 saturated heterocycles. The van der Waals surface area contributed by atoms with Crippen LogP contribution in [0.2, 0.25) is 0 Å². The second kappa shape index (κ2) is 4.57. The number of aliphatic hydroxyl groups is 1. The van der Waals surface area contributed by atoms with Crippen LogP contribution in [-0.2, 0) is 11.2 Å². The van der Waals surface area contributed by atoms with Gasteiger partial charge >= 0.3 is 5.97 Å². The van der Waals surface area contributed by atoms with Crippen molar-refractivity contribution in [1.82, 2.24) is 0 Å². The molecule has 0 bridgehead atoms. The fourth-order valence-corrected chi connectivity index (χ4v) is 1.58. The minimum absolute atomic E-state index is 0.139. The Bertz CT molecular complexity index is 349. The number of aliphatic carboxylic acids is 1. The molecule has 76 valence electrons. The minimum atomic E-state index is -1.33. The summed E-state index contributed by atoms with van der Waals surface area (Å²) in [6.07, 6.45) is -1.19. The Hall–Kier alpha value is -0.870. The Kier molecular flexibility index (Phi) is 3.66. The van der Waals surface area contributed by atoms with E-state index in [2.05, 4.69) is 15.9 Å². The molecular formula is C10H11BrO3. The smallest absolute Gasteiger partial charge is 0.332 e. The van der Waals surface area contributed by atoms with Gasteiger partial charge in [0.25, 0.3) is 0 Å². The molecule has 0 aliphatic rings. The van der Waals surface area contributed by atoms with E-state index in [-0.39, 0.29) is 6.42 Å². The maximum absolute atomic E-state index is 10.4. The van der Waals surface area contributed by atoms with Crippen molar-refractivity contribution < 1.29 is 15.0 Å². The Balaban J connectivity index is 2.87. The Morgan fingerprint density at radius 2 is 2.21 bits per heavy atom. The molecule has 1 aromatic rings. The van der Waals surface area contributed by atoms with Gasteiger partial charge in [-0.1, -0.05) is 28.1 Å². The summed E-state index contributed by atoms with van der Waals surface area (Å²) < 4.78 is 0.924. The van der Waals surface area contributed by atoms with Gasteiger partial charge in [-0.2, -0.15) is 0 Å². The first kappa shape index (κ1) is 11.2. The predicted octanol–water partition coefficient (Wildman–Crippen LogP) is 1.75. The van der Waals surface area contributed by atoms with Crippen molar-refractivity contribution >= 4 is 21.9 Å². The van der Waals surface area contributed by atoms with Gasteiger partial charge in [0.15, 0.2) is 6.10 Å². The lowest BCUT2D eigenvalue weighted by molar-refractivity contribution is -0.146. The molecule has 0 radical (unpaired) electrons. The lowest BCUT2D eigenvalue weighted by Gasteiger charge is -2.09. The van der Waals surface area contributed by atoms with Crippen LogP contribution in [0.5, 0.6) is 0 Å². The molecule has 0 aliphatic carbocycles. The third-order valence-corrected chi connectivity index (χ3v) is 2.94. The van der Waals surface area contributed by atoms with E-state index in [0.29, 0.717) is 0 Å². The molecule has 14 heavy (non-hydrogen) atoms. The van der Waals surface area contributed by atoms with Crippen molar-refractivity contribution in [3.63, 3.8) is 0 Å². The van der Waals surface area contributed by atoms with Crippen molar-refractivity contribution in [2.24, 2.45) is 0 Å². The lowest BCUT2D eigenvalue weighted by atomic mass is 10.0. The van der Waals surface area contributed by atoms with Gasteiger partial charge in [0.05, 0.1) is 0 Å². The van der Waals surface area contributed by atoms with Gasteiger partial charge in [-0.05, 0) is 24.1 Å². The maximum atomic E-state index is 10.4. The van der Waals surface area contributed by atoms with Crippen LogP contribution in [0.4, 0.5) is 0 Å². The molecule has 0 aromatic heterocycles. The lowest BCUT2D eigenvalue weighted by Crippen LogP contribution is -2.22. The van der Waals surface area contributed by atoms with Crippen molar-refractivity contribution in [3.05, 3.63) is 33.8 Å². The molecule has 1 aromatic carbocycles. The molecule has 0 saturated carbocycles. The van der Waals surface area contributed by atoms with E-state index in [9.17, 15) is 9.90 Å². The second-order valence-corrected chi connectivity index (χ2v) is 3.94. The van der Waals surface area contributed by atoms with Crippen LogP contribution in [-0.4, -0.2) is 22.3 Å². The SMILES string of the molecule is Cc1c(Br)cccc1CC(O)C(=O)O. The summed E-state index contributed by atoms with van der Waals surface area (Å²) >= 11 is 3.34. The molecule has 2 N–H and O–H groups in total. The second-order valence-electron chi connectivity index (χ2n) is 3.08. The van der Waals surface area contributed by atoms with Gasteiger partial charge in [0, 0.05) is 10.9 Å². The van der Waals surface area contributed by atoms with Crippen LogP contribution in [0.1, 0.15) is 11.1 Å². The number of carboxylic acids is 1. The molecule has 0 spiro atoms. The number of hydrogen-bond donors (Lipinski definition) is 2. The van der Waals surface area contributed by atoms with E-state index in [4.69, 9.17) is 5.11 Å². The maximum Gasteiger partial charge on any atom is 0.332 e. The Morgan fingerprint density at radius 1 is 1.57 bits per heavy atom. The number of rotatable bonds is 3. The van der Waals surface area contributed by atoms with Crippen LogP contribution in [0.3, 0.4) is 0 Å². The zero-order valence-electron chi connectivity index (χ0n) is 7.70. The van der Waals surface area contributed by atoms with E-state index in [0.717, 1.165) is 15.6 Å². The van der Waals surface area contributed by atoms with E-state index in [1.54, 1.807) is 0 Å². The summed E-state index contributed by atoms with van der Waals surface area (Å²) in [5, 5.41) is 17.7. The quantitative estimate of drug-likeness (QED) is 0.869. The summed E-state index contributed by atoms with van der Waals surface area (Å²) in [5.74, 6) is -1.19. The molecule has 1 atom stereocenters. The molecule has 1 rings (SSSR count). The molecule has 0 heterocycles. The number of carbonyl (C=O) groups is 1. The molecule has 1 unspecified atom stereocenters. The minimum Gasteiger partial charge on any atom is -0.479 e. The van der Waals surface area contributed by atoms with Crippen LogP contribution < -0.4 is 0 Å². The van der Waals surface area contributed by atoms with Crippen LogP contribution >= 0.6 is 15.9 Å². The predicted molar refractivity (Wildman–Crippen MR) is 56.2 cm³/mol.